The first-order valence-corrected chi connectivity index (χ1v) is 6.79. The third kappa shape index (κ3) is 2.25. The predicted octanol–water partition coefficient (Wildman–Crippen LogP) is 4.57. The lowest BCUT2D eigenvalue weighted by molar-refractivity contribution is 0.0702. The Kier molecular flexibility index (Phi) is 2.84. The number of hydrogen-bond acceptors (Lipinski definition) is 2. The molecule has 0 aliphatic rings. The first-order valence-electron chi connectivity index (χ1n) is 5.97. The van der Waals surface area contributed by atoms with Crippen molar-refractivity contribution in [3.8, 4) is 11.1 Å². The van der Waals surface area contributed by atoms with Gasteiger partial charge in [-0.25, -0.2) is 4.79 Å². The van der Waals surface area contributed by atoms with Crippen molar-refractivity contribution in [2.45, 2.75) is 6.92 Å². The van der Waals surface area contributed by atoms with Crippen LogP contribution < -0.4 is 0 Å². The molecule has 0 atom stereocenters. The lowest BCUT2D eigenvalue weighted by Gasteiger charge is -2.03. The maximum atomic E-state index is 11.0. The molecule has 1 aromatic heterocycles. The Bertz CT molecular complexity index is 771. The third-order valence-corrected chi connectivity index (χ3v) is 4.17. The second-order valence-corrected chi connectivity index (χ2v) is 5.62. The molecule has 94 valence electrons. The van der Waals surface area contributed by atoms with E-state index in [0.29, 0.717) is 4.88 Å². The molecule has 2 aromatic carbocycles. The van der Waals surface area contributed by atoms with Crippen LogP contribution in [0.1, 0.15) is 15.2 Å². The van der Waals surface area contributed by atoms with Crippen molar-refractivity contribution >= 4 is 27.4 Å². The van der Waals surface area contributed by atoms with Crippen LogP contribution in [0.4, 0.5) is 0 Å². The normalized spacial score (nSPS) is 10.8. The molecule has 0 aliphatic heterocycles. The van der Waals surface area contributed by atoms with Gasteiger partial charge in [0.25, 0.3) is 0 Å². The third-order valence-electron chi connectivity index (χ3n) is 3.08. The zero-order valence-electron chi connectivity index (χ0n) is 10.4. The fraction of sp³-hybridized carbons (Fsp3) is 0.0625. The van der Waals surface area contributed by atoms with Gasteiger partial charge in [-0.3, -0.25) is 0 Å². The van der Waals surface area contributed by atoms with Gasteiger partial charge in [0.1, 0.15) is 4.88 Å². The summed E-state index contributed by atoms with van der Waals surface area (Å²) in [6.07, 6.45) is 0. The lowest BCUT2D eigenvalue weighted by atomic mass is 10.0. The first-order chi connectivity index (χ1) is 9.13. The van der Waals surface area contributed by atoms with Crippen LogP contribution in [0.25, 0.3) is 21.2 Å². The van der Waals surface area contributed by atoms with E-state index in [4.69, 9.17) is 5.11 Å². The quantitative estimate of drug-likeness (QED) is 0.739. The van der Waals surface area contributed by atoms with Crippen molar-refractivity contribution in [3.05, 3.63) is 59.0 Å². The Morgan fingerprint density at radius 3 is 2.58 bits per heavy atom. The highest BCUT2D eigenvalue weighted by Crippen LogP contribution is 2.30. The smallest absolute Gasteiger partial charge is 0.345 e. The topological polar surface area (TPSA) is 37.3 Å². The Hall–Kier alpha value is -2.13. The summed E-state index contributed by atoms with van der Waals surface area (Å²) in [5, 5.41) is 10.0. The monoisotopic (exact) mass is 268 g/mol. The van der Waals surface area contributed by atoms with Crippen LogP contribution >= 0.6 is 11.3 Å². The van der Waals surface area contributed by atoms with Crippen molar-refractivity contribution in [1.82, 2.24) is 0 Å². The van der Waals surface area contributed by atoms with Gasteiger partial charge in [0.05, 0.1) is 0 Å². The van der Waals surface area contributed by atoms with E-state index in [9.17, 15) is 4.79 Å². The van der Waals surface area contributed by atoms with Crippen molar-refractivity contribution < 1.29 is 9.90 Å². The highest BCUT2D eigenvalue weighted by Gasteiger charge is 2.09. The predicted molar refractivity (Wildman–Crippen MR) is 79.0 cm³/mol. The maximum Gasteiger partial charge on any atom is 0.345 e. The molecular formula is C16H12O2S. The van der Waals surface area contributed by atoms with Crippen LogP contribution in [-0.2, 0) is 0 Å². The van der Waals surface area contributed by atoms with E-state index in [1.807, 2.05) is 18.2 Å². The van der Waals surface area contributed by atoms with Gasteiger partial charge in [-0.2, -0.15) is 0 Å². The number of rotatable bonds is 2. The zero-order valence-corrected chi connectivity index (χ0v) is 11.2. The number of carboxylic acid groups (broad SMARTS) is 1. The van der Waals surface area contributed by atoms with Crippen LogP contribution in [0, 0.1) is 6.92 Å². The van der Waals surface area contributed by atoms with E-state index in [0.717, 1.165) is 21.2 Å². The Morgan fingerprint density at radius 2 is 1.84 bits per heavy atom. The van der Waals surface area contributed by atoms with Crippen LogP contribution in [0.3, 0.4) is 0 Å². The van der Waals surface area contributed by atoms with Crippen LogP contribution in [0.15, 0.2) is 48.5 Å². The molecule has 0 saturated carbocycles. The molecule has 19 heavy (non-hydrogen) atoms. The molecule has 1 N–H and O–H groups in total. The maximum absolute atomic E-state index is 11.0. The van der Waals surface area contributed by atoms with Gasteiger partial charge in [0.2, 0.25) is 0 Å². The summed E-state index contributed by atoms with van der Waals surface area (Å²) in [4.78, 5) is 11.4. The van der Waals surface area contributed by atoms with Crippen molar-refractivity contribution in [2.75, 3.05) is 0 Å². The molecule has 0 saturated heterocycles. The lowest BCUT2D eigenvalue weighted by Crippen LogP contribution is -1.89. The summed E-state index contributed by atoms with van der Waals surface area (Å²) in [7, 11) is 0. The van der Waals surface area contributed by atoms with Gasteiger partial charge >= 0.3 is 5.97 Å². The summed E-state index contributed by atoms with van der Waals surface area (Å²) in [6, 6.07) is 16.1. The second-order valence-electron chi connectivity index (χ2n) is 4.54. The Morgan fingerprint density at radius 1 is 1.05 bits per heavy atom. The number of aryl methyl sites for hydroxylation is 1. The van der Waals surface area contributed by atoms with Crippen LogP contribution in [-0.4, -0.2) is 11.1 Å². The molecule has 3 rings (SSSR count). The van der Waals surface area contributed by atoms with Crippen LogP contribution in [0.2, 0.25) is 0 Å². The van der Waals surface area contributed by atoms with E-state index < -0.39 is 5.97 Å². The van der Waals surface area contributed by atoms with Crippen molar-refractivity contribution in [1.29, 1.82) is 0 Å². The minimum absolute atomic E-state index is 0.386. The number of benzene rings is 2. The summed E-state index contributed by atoms with van der Waals surface area (Å²) in [5.74, 6) is -0.863. The van der Waals surface area contributed by atoms with Gasteiger partial charge in [0.15, 0.2) is 0 Å². The standard InChI is InChI=1S/C16H12O2S/c1-10-3-2-4-11(7-10)12-5-6-13-9-15(16(17)18)19-14(13)8-12/h2-9H,1H3,(H,17,18). The van der Waals surface area contributed by atoms with E-state index in [1.165, 1.54) is 16.9 Å². The van der Waals surface area contributed by atoms with Gasteiger partial charge in [-0.1, -0.05) is 42.0 Å². The van der Waals surface area contributed by atoms with E-state index in [1.54, 1.807) is 6.07 Å². The Labute approximate surface area is 114 Å². The summed E-state index contributed by atoms with van der Waals surface area (Å²) in [5.41, 5.74) is 3.50. The molecule has 2 nitrogen and oxygen atoms in total. The summed E-state index contributed by atoms with van der Waals surface area (Å²) < 4.78 is 1.01. The van der Waals surface area contributed by atoms with E-state index >= 15 is 0 Å². The number of carboxylic acids is 1. The molecule has 0 amide bonds. The Balaban J connectivity index is 2.13. The van der Waals surface area contributed by atoms with E-state index in [2.05, 4.69) is 31.2 Å². The van der Waals surface area contributed by atoms with Gasteiger partial charge in [-0.15, -0.1) is 11.3 Å². The minimum atomic E-state index is -0.863. The fourth-order valence-corrected chi connectivity index (χ4v) is 3.08. The molecule has 0 spiro atoms. The molecule has 3 heteroatoms. The number of carbonyl (C=O) groups is 1. The van der Waals surface area contributed by atoms with E-state index in [-0.39, 0.29) is 0 Å². The number of hydrogen-bond donors (Lipinski definition) is 1. The number of aromatic carboxylic acids is 1. The SMILES string of the molecule is Cc1cccc(-c2ccc3cc(C(=O)O)sc3c2)c1. The molecule has 0 aliphatic carbocycles. The summed E-state index contributed by atoms with van der Waals surface area (Å²) >= 11 is 1.32. The van der Waals surface area contributed by atoms with Gasteiger partial charge < -0.3 is 5.11 Å². The minimum Gasteiger partial charge on any atom is -0.477 e. The summed E-state index contributed by atoms with van der Waals surface area (Å²) in [6.45, 7) is 2.07. The van der Waals surface area contributed by atoms with Gasteiger partial charge in [0, 0.05) is 4.70 Å². The molecule has 0 radical (unpaired) electrons. The number of thiophene rings is 1. The molecule has 1 heterocycles. The molecule has 0 fully saturated rings. The van der Waals surface area contributed by atoms with Crippen molar-refractivity contribution in [2.24, 2.45) is 0 Å². The average Bonchev–Trinajstić information content (AvgIpc) is 2.81. The zero-order chi connectivity index (χ0) is 13.4. The second kappa shape index (κ2) is 4.52. The molecule has 0 bridgehead atoms. The van der Waals surface area contributed by atoms with Gasteiger partial charge in [-0.05, 0) is 35.6 Å². The van der Waals surface area contributed by atoms with Crippen molar-refractivity contribution in [3.63, 3.8) is 0 Å². The largest absolute Gasteiger partial charge is 0.477 e. The molecule has 3 aromatic rings. The molecule has 0 unspecified atom stereocenters. The fourth-order valence-electron chi connectivity index (χ4n) is 2.14. The average molecular weight is 268 g/mol. The highest BCUT2D eigenvalue weighted by molar-refractivity contribution is 7.20. The van der Waals surface area contributed by atoms with Crippen LogP contribution in [0.5, 0.6) is 0 Å². The highest BCUT2D eigenvalue weighted by atomic mass is 32.1. The number of fused-ring (bicyclic) bond motifs is 1. The first kappa shape index (κ1) is 11.9. The molecular weight excluding hydrogens is 256 g/mol.